The van der Waals surface area contributed by atoms with Gasteiger partial charge in [0, 0.05) is 32.9 Å². The molecule has 1 aliphatic rings. The SMILES string of the molecule is CN(C)S(=O)(=O)N1CCCSCC1. The molecule has 1 fully saturated rings. The average Bonchev–Trinajstić information content (AvgIpc) is 2.31. The van der Waals surface area contributed by atoms with Gasteiger partial charge in [0.2, 0.25) is 0 Å². The lowest BCUT2D eigenvalue weighted by atomic mass is 10.5. The van der Waals surface area contributed by atoms with Crippen molar-refractivity contribution in [1.29, 1.82) is 0 Å². The Hall–Kier alpha value is 0.220. The van der Waals surface area contributed by atoms with Gasteiger partial charge in [-0.15, -0.1) is 0 Å². The molecule has 0 aromatic heterocycles. The minimum absolute atomic E-state index is 0.644. The normalized spacial score (nSPS) is 21.8. The van der Waals surface area contributed by atoms with E-state index in [2.05, 4.69) is 0 Å². The highest BCUT2D eigenvalue weighted by Gasteiger charge is 2.24. The van der Waals surface area contributed by atoms with E-state index in [0.29, 0.717) is 13.1 Å². The summed E-state index contributed by atoms with van der Waals surface area (Å²) in [6, 6.07) is 0. The Kier molecular flexibility index (Phi) is 4.03. The fraction of sp³-hybridized carbons (Fsp3) is 1.00. The zero-order chi connectivity index (χ0) is 9.90. The number of hydrogen-bond donors (Lipinski definition) is 0. The third kappa shape index (κ3) is 2.83. The highest BCUT2D eigenvalue weighted by Crippen LogP contribution is 2.14. The molecular formula is C7H16N2O2S2. The molecule has 0 aromatic rings. The van der Waals surface area contributed by atoms with Crippen LogP contribution in [0.4, 0.5) is 0 Å². The summed E-state index contributed by atoms with van der Waals surface area (Å²) in [7, 11) is -0.0164. The van der Waals surface area contributed by atoms with Crippen LogP contribution >= 0.6 is 11.8 Å². The molecule has 0 aliphatic carbocycles. The summed E-state index contributed by atoms with van der Waals surface area (Å²) < 4.78 is 26.2. The van der Waals surface area contributed by atoms with Gasteiger partial charge in [-0.2, -0.15) is 28.8 Å². The second kappa shape index (κ2) is 4.63. The Morgan fingerprint density at radius 3 is 2.54 bits per heavy atom. The van der Waals surface area contributed by atoms with Gasteiger partial charge in [-0.25, -0.2) is 0 Å². The topological polar surface area (TPSA) is 40.6 Å². The summed E-state index contributed by atoms with van der Waals surface area (Å²) in [5.74, 6) is 1.98. The van der Waals surface area contributed by atoms with Crippen molar-refractivity contribution in [1.82, 2.24) is 8.61 Å². The summed E-state index contributed by atoms with van der Waals surface area (Å²) >= 11 is 1.82. The van der Waals surface area contributed by atoms with E-state index in [0.717, 1.165) is 17.9 Å². The molecule has 1 aliphatic heterocycles. The predicted octanol–water partition coefficient (Wildman–Crippen LogP) is 0.232. The fourth-order valence-corrected chi connectivity index (χ4v) is 3.33. The molecule has 4 nitrogen and oxygen atoms in total. The Balaban J connectivity index is 2.69. The van der Waals surface area contributed by atoms with E-state index < -0.39 is 10.2 Å². The standard InChI is InChI=1S/C7H16N2O2S2/c1-8(2)13(10,11)9-4-3-6-12-7-5-9/h3-7H2,1-2H3. The Labute approximate surface area is 84.5 Å². The van der Waals surface area contributed by atoms with Crippen molar-refractivity contribution in [3.63, 3.8) is 0 Å². The van der Waals surface area contributed by atoms with Gasteiger partial charge in [0.25, 0.3) is 10.2 Å². The maximum atomic E-state index is 11.7. The van der Waals surface area contributed by atoms with Crippen molar-refractivity contribution >= 4 is 22.0 Å². The second-order valence-electron chi connectivity index (χ2n) is 3.16. The van der Waals surface area contributed by atoms with Gasteiger partial charge >= 0.3 is 0 Å². The van der Waals surface area contributed by atoms with Crippen molar-refractivity contribution in [3.8, 4) is 0 Å². The van der Waals surface area contributed by atoms with Gasteiger partial charge in [-0.3, -0.25) is 0 Å². The van der Waals surface area contributed by atoms with E-state index in [1.807, 2.05) is 11.8 Å². The predicted molar refractivity (Wildman–Crippen MR) is 56.1 cm³/mol. The molecule has 6 heteroatoms. The van der Waals surface area contributed by atoms with Crippen LogP contribution in [0.1, 0.15) is 6.42 Å². The molecule has 0 N–H and O–H groups in total. The molecule has 0 bridgehead atoms. The van der Waals surface area contributed by atoms with E-state index in [1.165, 1.54) is 4.31 Å². The quantitative estimate of drug-likeness (QED) is 0.674. The van der Waals surface area contributed by atoms with Crippen molar-refractivity contribution in [2.45, 2.75) is 6.42 Å². The molecule has 0 radical (unpaired) electrons. The van der Waals surface area contributed by atoms with E-state index in [1.54, 1.807) is 18.4 Å². The zero-order valence-electron chi connectivity index (χ0n) is 8.06. The summed E-state index contributed by atoms with van der Waals surface area (Å²) in [6.45, 7) is 1.30. The van der Waals surface area contributed by atoms with Crippen LogP contribution in [0, 0.1) is 0 Å². The van der Waals surface area contributed by atoms with Gasteiger partial charge in [-0.1, -0.05) is 0 Å². The maximum Gasteiger partial charge on any atom is 0.281 e. The van der Waals surface area contributed by atoms with Gasteiger partial charge in [0.15, 0.2) is 0 Å². The molecule has 0 spiro atoms. The first kappa shape index (κ1) is 11.3. The Morgan fingerprint density at radius 2 is 1.92 bits per heavy atom. The monoisotopic (exact) mass is 224 g/mol. The number of nitrogens with zero attached hydrogens (tertiary/aromatic N) is 2. The summed E-state index contributed by atoms with van der Waals surface area (Å²) in [4.78, 5) is 0. The van der Waals surface area contributed by atoms with Gasteiger partial charge in [0.1, 0.15) is 0 Å². The first-order valence-electron chi connectivity index (χ1n) is 4.30. The third-order valence-corrected chi connectivity index (χ3v) is 4.96. The number of rotatable bonds is 2. The highest BCUT2D eigenvalue weighted by molar-refractivity contribution is 7.99. The van der Waals surface area contributed by atoms with Crippen LogP contribution in [0.2, 0.25) is 0 Å². The van der Waals surface area contributed by atoms with Crippen LogP contribution < -0.4 is 0 Å². The Morgan fingerprint density at radius 1 is 1.23 bits per heavy atom. The summed E-state index contributed by atoms with van der Waals surface area (Å²) in [5.41, 5.74) is 0. The first-order valence-corrected chi connectivity index (χ1v) is 6.85. The van der Waals surface area contributed by atoms with Crippen LogP contribution in [0.25, 0.3) is 0 Å². The molecule has 1 saturated heterocycles. The van der Waals surface area contributed by atoms with Crippen molar-refractivity contribution < 1.29 is 8.42 Å². The first-order chi connectivity index (χ1) is 6.05. The van der Waals surface area contributed by atoms with Crippen LogP contribution in [0.15, 0.2) is 0 Å². The van der Waals surface area contributed by atoms with E-state index in [4.69, 9.17) is 0 Å². The lowest BCUT2D eigenvalue weighted by Gasteiger charge is -2.23. The van der Waals surface area contributed by atoms with Gasteiger partial charge in [-0.05, 0) is 12.2 Å². The van der Waals surface area contributed by atoms with E-state index in [-0.39, 0.29) is 0 Å². The van der Waals surface area contributed by atoms with Crippen LogP contribution in [0.3, 0.4) is 0 Å². The number of hydrogen-bond acceptors (Lipinski definition) is 3. The molecule has 78 valence electrons. The molecular weight excluding hydrogens is 208 g/mol. The van der Waals surface area contributed by atoms with Crippen molar-refractivity contribution in [2.24, 2.45) is 0 Å². The van der Waals surface area contributed by atoms with Crippen molar-refractivity contribution in [2.75, 3.05) is 38.7 Å². The highest BCUT2D eigenvalue weighted by atomic mass is 32.2. The van der Waals surface area contributed by atoms with Gasteiger partial charge in [0.05, 0.1) is 0 Å². The number of thioether (sulfide) groups is 1. The lowest BCUT2D eigenvalue weighted by molar-refractivity contribution is 0.392. The minimum atomic E-state index is -3.17. The molecule has 1 heterocycles. The largest absolute Gasteiger partial charge is 0.281 e. The molecule has 0 aromatic carbocycles. The molecule has 1 rings (SSSR count). The van der Waals surface area contributed by atoms with Gasteiger partial charge < -0.3 is 0 Å². The summed E-state index contributed by atoms with van der Waals surface area (Å²) in [5, 5.41) is 0. The molecule has 0 unspecified atom stereocenters. The third-order valence-electron chi connectivity index (χ3n) is 1.97. The smallest absolute Gasteiger partial charge is 0.195 e. The molecule has 0 amide bonds. The summed E-state index contributed by atoms with van der Waals surface area (Å²) in [6.07, 6.45) is 0.956. The fourth-order valence-electron chi connectivity index (χ4n) is 1.18. The van der Waals surface area contributed by atoms with E-state index in [9.17, 15) is 8.42 Å². The van der Waals surface area contributed by atoms with Crippen LogP contribution in [-0.2, 0) is 10.2 Å². The minimum Gasteiger partial charge on any atom is -0.195 e. The van der Waals surface area contributed by atoms with E-state index >= 15 is 0 Å². The molecule has 0 atom stereocenters. The molecule has 13 heavy (non-hydrogen) atoms. The maximum absolute atomic E-state index is 11.7. The van der Waals surface area contributed by atoms with Crippen molar-refractivity contribution in [3.05, 3.63) is 0 Å². The lowest BCUT2D eigenvalue weighted by Crippen LogP contribution is -2.41. The molecule has 0 saturated carbocycles. The zero-order valence-corrected chi connectivity index (χ0v) is 9.70. The Bertz CT molecular complexity index is 243. The second-order valence-corrected chi connectivity index (χ2v) is 6.52. The van der Waals surface area contributed by atoms with Crippen LogP contribution in [0.5, 0.6) is 0 Å². The van der Waals surface area contributed by atoms with Crippen LogP contribution in [-0.4, -0.2) is 55.7 Å². The average molecular weight is 224 g/mol.